The van der Waals surface area contributed by atoms with Gasteiger partial charge in [-0.25, -0.2) is 17.2 Å². The highest BCUT2D eigenvalue weighted by atomic mass is 35.5. The fraction of sp³-hybridized carbons (Fsp3) is 0.179. The summed E-state index contributed by atoms with van der Waals surface area (Å²) in [4.78, 5) is 11.4. The summed E-state index contributed by atoms with van der Waals surface area (Å²) in [6.07, 6.45) is 3.71. The lowest BCUT2D eigenvalue weighted by atomic mass is 10.0. The average Bonchev–Trinajstić information content (AvgIpc) is 3.17. The van der Waals surface area contributed by atoms with Gasteiger partial charge in [-0.05, 0) is 59.0 Å². The molecule has 7 heteroatoms. The van der Waals surface area contributed by atoms with Crippen LogP contribution in [0, 0.1) is 0 Å². The number of nitrogens with zero attached hydrogens (tertiary/aromatic N) is 1. The number of fused-ring (bicyclic) bond motifs is 1. The van der Waals surface area contributed by atoms with Crippen LogP contribution in [-0.4, -0.2) is 29.2 Å². The molecule has 0 bridgehead atoms. The minimum atomic E-state index is -3.75. The highest BCUT2D eigenvalue weighted by Gasteiger charge is 2.20. The molecule has 1 aromatic heterocycles. The van der Waals surface area contributed by atoms with E-state index in [1.807, 2.05) is 24.3 Å². The Morgan fingerprint density at radius 2 is 1.77 bits per heavy atom. The van der Waals surface area contributed by atoms with Gasteiger partial charge in [0, 0.05) is 22.5 Å². The number of rotatable bonds is 8. The first-order chi connectivity index (χ1) is 16.6. The smallest absolute Gasteiger partial charge is 0.335 e. The minimum Gasteiger partial charge on any atom is -0.478 e. The predicted molar refractivity (Wildman–Crippen MR) is 142 cm³/mol. The third kappa shape index (κ3) is 5.66. The van der Waals surface area contributed by atoms with E-state index < -0.39 is 16.0 Å². The number of halogens is 1. The van der Waals surface area contributed by atoms with E-state index in [9.17, 15) is 18.3 Å². The summed E-state index contributed by atoms with van der Waals surface area (Å²) in [6.45, 7) is 4.25. The van der Waals surface area contributed by atoms with E-state index in [1.165, 1.54) is 15.6 Å². The molecule has 0 aliphatic heterocycles. The van der Waals surface area contributed by atoms with Crippen LogP contribution in [0.4, 0.5) is 0 Å². The second-order valence-electron chi connectivity index (χ2n) is 8.79. The first-order valence-corrected chi connectivity index (χ1v) is 13.2. The maximum atomic E-state index is 13.5. The molecular formula is C28H26ClNO4S. The zero-order valence-electron chi connectivity index (χ0n) is 19.5. The topological polar surface area (TPSA) is 76.4 Å². The normalized spacial score (nSPS) is 12.1. The number of carbonyl (C=O) groups is 1. The van der Waals surface area contributed by atoms with Crippen molar-refractivity contribution in [2.24, 2.45) is 0 Å². The van der Waals surface area contributed by atoms with Gasteiger partial charge in [0.2, 0.25) is 10.0 Å². The zero-order chi connectivity index (χ0) is 25.2. The lowest BCUT2D eigenvalue weighted by Crippen LogP contribution is -2.18. The second-order valence-corrected chi connectivity index (χ2v) is 11.1. The van der Waals surface area contributed by atoms with Crippen molar-refractivity contribution in [3.63, 3.8) is 0 Å². The Morgan fingerprint density at radius 3 is 2.46 bits per heavy atom. The van der Waals surface area contributed by atoms with Gasteiger partial charge in [0.1, 0.15) is 0 Å². The van der Waals surface area contributed by atoms with Crippen molar-refractivity contribution in [3.05, 3.63) is 112 Å². The summed E-state index contributed by atoms with van der Waals surface area (Å²) in [6, 6.07) is 21.4. The van der Waals surface area contributed by atoms with Crippen molar-refractivity contribution in [1.82, 2.24) is 3.97 Å². The van der Waals surface area contributed by atoms with Crippen LogP contribution in [0.5, 0.6) is 0 Å². The van der Waals surface area contributed by atoms with E-state index in [1.54, 1.807) is 54.6 Å². The first kappa shape index (κ1) is 24.8. The zero-order valence-corrected chi connectivity index (χ0v) is 21.1. The van der Waals surface area contributed by atoms with Crippen LogP contribution in [0.15, 0.2) is 78.9 Å². The Balaban J connectivity index is 1.68. The quantitative estimate of drug-likeness (QED) is 0.291. The van der Waals surface area contributed by atoms with E-state index >= 15 is 0 Å². The molecule has 180 valence electrons. The molecule has 3 aromatic carbocycles. The Labute approximate surface area is 210 Å². The van der Waals surface area contributed by atoms with Crippen molar-refractivity contribution < 1.29 is 18.3 Å². The molecule has 1 N–H and O–H groups in total. The van der Waals surface area contributed by atoms with Gasteiger partial charge in [0.15, 0.2) is 0 Å². The lowest BCUT2D eigenvalue weighted by molar-refractivity contribution is 0.0696. The summed E-state index contributed by atoms with van der Waals surface area (Å²) in [5.41, 5.74) is 4.09. The standard InChI is InChI=1S/C28H26ClNO4S/c1-19(2)22-10-8-20(9-11-22)6-4-14-35(33,34)30-26(18-24-17-25(29)12-13-27(24)30)16-21-5-3-7-23(15-21)28(31)32/h3-13,15,17-19H,14,16H2,1-2H3,(H,31,32). The van der Waals surface area contributed by atoms with Gasteiger partial charge in [-0.15, -0.1) is 0 Å². The van der Waals surface area contributed by atoms with Gasteiger partial charge in [-0.3, -0.25) is 0 Å². The fourth-order valence-electron chi connectivity index (χ4n) is 4.07. The summed E-state index contributed by atoms with van der Waals surface area (Å²) < 4.78 is 28.3. The molecule has 0 unspecified atom stereocenters. The molecule has 0 spiro atoms. The number of aromatic nitrogens is 1. The van der Waals surface area contributed by atoms with E-state index in [2.05, 4.69) is 13.8 Å². The Bertz CT molecular complexity index is 1520. The van der Waals surface area contributed by atoms with Crippen molar-refractivity contribution in [1.29, 1.82) is 0 Å². The molecule has 4 aromatic rings. The number of hydrogen-bond acceptors (Lipinski definition) is 3. The van der Waals surface area contributed by atoms with Gasteiger partial charge in [-0.1, -0.05) is 74.0 Å². The SMILES string of the molecule is CC(C)c1ccc(C=CCS(=O)(=O)n2c(Cc3cccc(C(=O)O)c3)cc3cc(Cl)ccc32)cc1. The van der Waals surface area contributed by atoms with Crippen LogP contribution in [-0.2, 0) is 16.4 Å². The molecule has 35 heavy (non-hydrogen) atoms. The molecule has 0 aliphatic carbocycles. The molecule has 0 radical (unpaired) electrons. The lowest BCUT2D eigenvalue weighted by Gasteiger charge is -2.11. The molecule has 0 aliphatic rings. The Morgan fingerprint density at radius 1 is 1.03 bits per heavy atom. The minimum absolute atomic E-state index is 0.155. The van der Waals surface area contributed by atoms with Crippen molar-refractivity contribution in [3.8, 4) is 0 Å². The highest BCUT2D eigenvalue weighted by Crippen LogP contribution is 2.27. The number of carboxylic acid groups (broad SMARTS) is 1. The maximum Gasteiger partial charge on any atom is 0.335 e. The Kier molecular flexibility index (Phi) is 7.15. The largest absolute Gasteiger partial charge is 0.478 e. The van der Waals surface area contributed by atoms with E-state index in [4.69, 9.17) is 11.6 Å². The molecule has 0 saturated heterocycles. The van der Waals surface area contributed by atoms with Crippen LogP contribution < -0.4 is 0 Å². The van der Waals surface area contributed by atoms with Crippen LogP contribution in [0.2, 0.25) is 5.02 Å². The van der Waals surface area contributed by atoms with E-state index in [0.29, 0.717) is 33.1 Å². The van der Waals surface area contributed by atoms with Crippen LogP contribution >= 0.6 is 11.6 Å². The van der Waals surface area contributed by atoms with Crippen molar-refractivity contribution in [2.75, 3.05) is 5.75 Å². The van der Waals surface area contributed by atoms with Gasteiger partial charge in [-0.2, -0.15) is 0 Å². The summed E-state index contributed by atoms with van der Waals surface area (Å²) in [7, 11) is -3.75. The summed E-state index contributed by atoms with van der Waals surface area (Å²) >= 11 is 6.16. The maximum absolute atomic E-state index is 13.5. The molecule has 0 atom stereocenters. The van der Waals surface area contributed by atoms with Crippen LogP contribution in [0.1, 0.15) is 52.5 Å². The summed E-state index contributed by atoms with van der Waals surface area (Å²) in [5, 5.41) is 10.5. The van der Waals surface area contributed by atoms with Gasteiger partial charge in [0.25, 0.3) is 0 Å². The fourth-order valence-corrected chi connectivity index (χ4v) is 5.68. The van der Waals surface area contributed by atoms with Gasteiger partial charge < -0.3 is 5.11 Å². The van der Waals surface area contributed by atoms with Crippen molar-refractivity contribution in [2.45, 2.75) is 26.2 Å². The molecule has 1 heterocycles. The van der Waals surface area contributed by atoms with E-state index in [0.717, 1.165) is 5.56 Å². The van der Waals surface area contributed by atoms with Gasteiger partial charge in [0.05, 0.1) is 16.8 Å². The van der Waals surface area contributed by atoms with Crippen LogP contribution in [0.25, 0.3) is 17.0 Å². The number of carboxylic acids is 1. The molecule has 4 rings (SSSR count). The average molecular weight is 508 g/mol. The third-order valence-corrected chi connectivity index (χ3v) is 7.69. The number of hydrogen-bond donors (Lipinski definition) is 1. The number of benzene rings is 3. The second kappa shape index (κ2) is 10.1. The summed E-state index contributed by atoms with van der Waals surface area (Å²) in [5.74, 6) is -0.787. The molecule has 5 nitrogen and oxygen atoms in total. The molecule has 0 saturated carbocycles. The number of aromatic carboxylic acids is 1. The Hall–Kier alpha value is -3.35. The molecule has 0 amide bonds. The predicted octanol–water partition coefficient (Wildman–Crippen LogP) is 6.60. The third-order valence-electron chi connectivity index (χ3n) is 5.85. The van der Waals surface area contributed by atoms with Gasteiger partial charge >= 0.3 is 5.97 Å². The molecule has 0 fully saturated rings. The highest BCUT2D eigenvalue weighted by molar-refractivity contribution is 7.90. The monoisotopic (exact) mass is 507 g/mol. The van der Waals surface area contributed by atoms with E-state index in [-0.39, 0.29) is 17.7 Å². The first-order valence-electron chi connectivity index (χ1n) is 11.3. The van der Waals surface area contributed by atoms with Crippen molar-refractivity contribution >= 4 is 44.6 Å². The molecular weight excluding hydrogens is 482 g/mol. The van der Waals surface area contributed by atoms with Crippen LogP contribution in [0.3, 0.4) is 0 Å².